The Balaban J connectivity index is 1.53. The van der Waals surface area contributed by atoms with E-state index in [2.05, 4.69) is 16.0 Å². The zero-order valence-electron chi connectivity index (χ0n) is 23.8. The minimum absolute atomic E-state index is 0.109. The number of ketones is 1. The number of hydrogen-bond acceptors (Lipinski definition) is 7. The zero-order valence-corrected chi connectivity index (χ0v) is 23.8. The highest BCUT2D eigenvalue weighted by molar-refractivity contribution is 6.16. The number of rotatable bonds is 10. The van der Waals surface area contributed by atoms with Gasteiger partial charge in [-0.2, -0.15) is 0 Å². The molecule has 2 unspecified atom stereocenters. The summed E-state index contributed by atoms with van der Waals surface area (Å²) in [7, 11) is 0. The van der Waals surface area contributed by atoms with E-state index < -0.39 is 53.5 Å². The van der Waals surface area contributed by atoms with E-state index in [0.717, 1.165) is 0 Å². The van der Waals surface area contributed by atoms with Crippen molar-refractivity contribution in [2.75, 3.05) is 11.7 Å². The Labute approximate surface area is 238 Å². The molecule has 0 spiro atoms. The van der Waals surface area contributed by atoms with Crippen LogP contribution in [0.5, 0.6) is 11.5 Å². The van der Waals surface area contributed by atoms with Crippen LogP contribution in [0.4, 0.5) is 10.5 Å². The highest BCUT2D eigenvalue weighted by Crippen LogP contribution is 2.36. The largest absolute Gasteiger partial charge is 0.454 e. The first kappa shape index (κ1) is 29.6. The van der Waals surface area contributed by atoms with Gasteiger partial charge in [-0.3, -0.25) is 29.4 Å². The summed E-state index contributed by atoms with van der Waals surface area (Å²) in [5.74, 6) is -3.35. The molecular weight excluding hydrogens is 528 g/mol. The van der Waals surface area contributed by atoms with Gasteiger partial charge < -0.3 is 20.1 Å². The van der Waals surface area contributed by atoms with Crippen molar-refractivity contribution in [3.8, 4) is 11.5 Å². The molecule has 1 saturated heterocycles. The second-order valence-corrected chi connectivity index (χ2v) is 10.9. The van der Waals surface area contributed by atoms with Crippen LogP contribution in [0, 0.1) is 17.8 Å². The summed E-state index contributed by atoms with van der Waals surface area (Å²) in [5, 5.41) is 7.93. The lowest BCUT2D eigenvalue weighted by atomic mass is 9.85. The predicted molar refractivity (Wildman–Crippen MR) is 150 cm³/mol. The molecule has 2 aliphatic heterocycles. The predicted octanol–water partition coefficient (Wildman–Crippen LogP) is 3.09. The van der Waals surface area contributed by atoms with E-state index in [4.69, 9.17) is 9.47 Å². The van der Waals surface area contributed by atoms with Gasteiger partial charge in [-0.15, -0.1) is 0 Å². The molecule has 2 aliphatic rings. The second-order valence-electron chi connectivity index (χ2n) is 10.9. The van der Waals surface area contributed by atoms with Crippen molar-refractivity contribution in [3.63, 3.8) is 0 Å². The number of carbonyl (C=O) groups is 5. The number of urea groups is 1. The van der Waals surface area contributed by atoms with Crippen molar-refractivity contribution in [2.24, 2.45) is 17.8 Å². The molecule has 3 N–H and O–H groups in total. The minimum atomic E-state index is -1.17. The molecule has 0 aliphatic carbocycles. The molecule has 11 heteroatoms. The number of nitrogens with one attached hydrogen (secondary N) is 3. The standard InChI is InChI=1S/C30H36N4O7/c1-16(2)26(27(36)25-18(5)28(37)33-29(25)38)32-24(35)14-21(19-9-7-6-8-10-19)31-30(39)34(17(3)4)20-11-12-22-23(13-20)41-15-40-22/h6-13,16-18,21,25-26H,14-15H2,1-5H3,(H,31,39)(H,32,35)(H,33,37,38)/t18-,21?,25?,26-/m0/s1. The van der Waals surface area contributed by atoms with Gasteiger partial charge >= 0.3 is 6.03 Å². The van der Waals surface area contributed by atoms with Gasteiger partial charge in [0.1, 0.15) is 5.92 Å². The van der Waals surface area contributed by atoms with Gasteiger partial charge in [0.05, 0.1) is 24.4 Å². The van der Waals surface area contributed by atoms with Gasteiger partial charge in [-0.25, -0.2) is 4.79 Å². The lowest BCUT2D eigenvalue weighted by molar-refractivity contribution is -0.137. The average molecular weight is 565 g/mol. The van der Waals surface area contributed by atoms with Gasteiger partial charge in [0.25, 0.3) is 0 Å². The zero-order chi connectivity index (χ0) is 29.8. The number of anilines is 1. The van der Waals surface area contributed by atoms with Crippen LogP contribution in [-0.2, 0) is 19.2 Å². The molecule has 11 nitrogen and oxygen atoms in total. The van der Waals surface area contributed by atoms with Gasteiger partial charge in [0.2, 0.25) is 24.5 Å². The number of Topliss-reactive ketones (excluding diaryl/α,β-unsaturated/α-hetero) is 1. The SMILES string of the molecule is CC(C)[C@H](NC(=O)CC(NC(=O)N(c1ccc2c(c1)OCO2)C(C)C)c1ccccc1)C(=O)C1C(=O)NC(=O)[C@H]1C. The molecule has 4 rings (SSSR count). The maximum absolute atomic E-state index is 13.6. The Bertz CT molecular complexity index is 1330. The van der Waals surface area contributed by atoms with Crippen molar-refractivity contribution >= 4 is 35.2 Å². The summed E-state index contributed by atoms with van der Waals surface area (Å²) in [6.45, 7) is 8.88. The summed E-state index contributed by atoms with van der Waals surface area (Å²) in [5.41, 5.74) is 1.30. The van der Waals surface area contributed by atoms with Crippen molar-refractivity contribution in [3.05, 3.63) is 54.1 Å². The molecule has 4 atom stereocenters. The third-order valence-electron chi connectivity index (χ3n) is 7.30. The van der Waals surface area contributed by atoms with Crippen molar-refractivity contribution < 1.29 is 33.4 Å². The van der Waals surface area contributed by atoms with Crippen LogP contribution in [0.15, 0.2) is 48.5 Å². The smallest absolute Gasteiger partial charge is 0.322 e. The number of carbonyl (C=O) groups excluding carboxylic acids is 5. The molecule has 218 valence electrons. The summed E-state index contributed by atoms with van der Waals surface area (Å²) in [4.78, 5) is 66.1. The van der Waals surface area contributed by atoms with Gasteiger partial charge in [-0.05, 0) is 37.5 Å². The Morgan fingerprint density at radius 2 is 1.63 bits per heavy atom. The van der Waals surface area contributed by atoms with Crippen LogP contribution in [0.25, 0.3) is 0 Å². The molecule has 41 heavy (non-hydrogen) atoms. The molecule has 0 radical (unpaired) electrons. The summed E-state index contributed by atoms with van der Waals surface area (Å²) in [6, 6.07) is 11.9. The van der Waals surface area contributed by atoms with E-state index in [1.54, 1.807) is 49.1 Å². The molecule has 2 heterocycles. The monoisotopic (exact) mass is 564 g/mol. The third-order valence-corrected chi connectivity index (χ3v) is 7.30. The van der Waals surface area contributed by atoms with Crippen LogP contribution in [-0.4, -0.2) is 48.4 Å². The molecule has 2 aromatic carbocycles. The maximum Gasteiger partial charge on any atom is 0.322 e. The Hall–Kier alpha value is -4.41. The maximum atomic E-state index is 13.6. The summed E-state index contributed by atoms with van der Waals surface area (Å²) in [6.07, 6.45) is -0.162. The van der Waals surface area contributed by atoms with E-state index >= 15 is 0 Å². The van der Waals surface area contributed by atoms with Crippen LogP contribution in [0.3, 0.4) is 0 Å². The first-order valence-corrected chi connectivity index (χ1v) is 13.7. The van der Waals surface area contributed by atoms with E-state index in [0.29, 0.717) is 22.7 Å². The van der Waals surface area contributed by atoms with Crippen molar-refractivity contribution in [1.29, 1.82) is 0 Å². The first-order chi connectivity index (χ1) is 19.5. The number of amides is 5. The fourth-order valence-corrected chi connectivity index (χ4v) is 5.09. The molecule has 0 saturated carbocycles. The van der Waals surface area contributed by atoms with E-state index in [1.165, 1.54) is 6.92 Å². The molecule has 0 bridgehead atoms. The third kappa shape index (κ3) is 6.50. The number of benzene rings is 2. The highest BCUT2D eigenvalue weighted by Gasteiger charge is 2.46. The van der Waals surface area contributed by atoms with E-state index in [1.807, 2.05) is 32.0 Å². The highest BCUT2D eigenvalue weighted by atomic mass is 16.7. The lowest BCUT2D eigenvalue weighted by Crippen LogP contribution is -2.50. The van der Waals surface area contributed by atoms with Crippen molar-refractivity contribution in [1.82, 2.24) is 16.0 Å². The van der Waals surface area contributed by atoms with Gasteiger partial charge in [0, 0.05) is 17.8 Å². The van der Waals surface area contributed by atoms with E-state index in [-0.39, 0.29) is 25.2 Å². The Kier molecular flexibility index (Phi) is 8.95. The van der Waals surface area contributed by atoms with E-state index in [9.17, 15) is 24.0 Å². The number of imide groups is 1. The molecule has 2 aromatic rings. The van der Waals surface area contributed by atoms with Crippen LogP contribution in [0.1, 0.15) is 52.6 Å². The van der Waals surface area contributed by atoms with Gasteiger partial charge in [-0.1, -0.05) is 51.1 Å². The Morgan fingerprint density at radius 1 is 0.951 bits per heavy atom. The molecule has 1 fully saturated rings. The van der Waals surface area contributed by atoms with Crippen LogP contribution in [0.2, 0.25) is 0 Å². The number of fused-ring (bicyclic) bond motifs is 1. The molecular formula is C30H36N4O7. The fourth-order valence-electron chi connectivity index (χ4n) is 5.09. The summed E-state index contributed by atoms with van der Waals surface area (Å²) < 4.78 is 10.9. The number of hydrogen-bond donors (Lipinski definition) is 3. The van der Waals surface area contributed by atoms with Crippen LogP contribution >= 0.6 is 0 Å². The quantitative estimate of drug-likeness (QED) is 0.297. The average Bonchev–Trinajstić information content (AvgIpc) is 3.49. The van der Waals surface area contributed by atoms with Crippen molar-refractivity contribution in [2.45, 2.75) is 59.2 Å². The van der Waals surface area contributed by atoms with Crippen LogP contribution < -0.4 is 30.3 Å². The molecule has 0 aromatic heterocycles. The number of ether oxygens (including phenoxy) is 2. The Morgan fingerprint density at radius 3 is 2.24 bits per heavy atom. The lowest BCUT2D eigenvalue weighted by Gasteiger charge is -2.30. The molecule has 5 amide bonds. The first-order valence-electron chi connectivity index (χ1n) is 13.7. The fraction of sp³-hybridized carbons (Fsp3) is 0.433. The minimum Gasteiger partial charge on any atom is -0.454 e. The topological polar surface area (TPSA) is 143 Å². The second kappa shape index (κ2) is 12.4. The summed E-state index contributed by atoms with van der Waals surface area (Å²) >= 11 is 0. The van der Waals surface area contributed by atoms with Gasteiger partial charge in [0.15, 0.2) is 17.3 Å². The number of nitrogens with zero attached hydrogens (tertiary/aromatic N) is 1. The normalized spacial score (nSPS) is 19.1.